The largest absolute Gasteiger partial charge is 0.497 e. The fourth-order valence-electron chi connectivity index (χ4n) is 2.32. The summed E-state index contributed by atoms with van der Waals surface area (Å²) in [5.74, 6) is 1.80. The number of ether oxygens (including phenoxy) is 4. The number of nitrogens with one attached hydrogen (secondary N) is 1. The van der Waals surface area contributed by atoms with Gasteiger partial charge in [0.25, 0.3) is 5.91 Å². The standard InChI is InChI=1S/C20H24N2O5/c1-13(2)27-19-14(7-6-8-18(19)26-5)12-21-22-20(23)15-9-16(24-3)11-17(10-15)25-4/h6-13H,1-5H3,(H,22,23)/b21-12-. The van der Waals surface area contributed by atoms with Crippen molar-refractivity contribution < 1.29 is 23.7 Å². The highest BCUT2D eigenvalue weighted by Gasteiger charge is 2.12. The Kier molecular flexibility index (Phi) is 7.05. The maximum absolute atomic E-state index is 12.4. The number of hydrogen-bond donors (Lipinski definition) is 1. The molecule has 7 nitrogen and oxygen atoms in total. The zero-order valence-corrected chi connectivity index (χ0v) is 16.1. The molecule has 0 aliphatic carbocycles. The van der Waals surface area contributed by atoms with Crippen molar-refractivity contribution in [3.63, 3.8) is 0 Å². The second-order valence-corrected chi connectivity index (χ2v) is 5.85. The summed E-state index contributed by atoms with van der Waals surface area (Å²) < 4.78 is 21.5. The number of nitrogens with zero attached hydrogens (tertiary/aromatic N) is 1. The van der Waals surface area contributed by atoms with Crippen LogP contribution in [0.5, 0.6) is 23.0 Å². The molecule has 144 valence electrons. The monoisotopic (exact) mass is 372 g/mol. The van der Waals surface area contributed by atoms with Crippen LogP contribution in [0.1, 0.15) is 29.8 Å². The second-order valence-electron chi connectivity index (χ2n) is 5.85. The maximum atomic E-state index is 12.4. The lowest BCUT2D eigenvalue weighted by Gasteiger charge is -2.15. The zero-order valence-electron chi connectivity index (χ0n) is 16.1. The average molecular weight is 372 g/mol. The summed E-state index contributed by atoms with van der Waals surface area (Å²) in [5.41, 5.74) is 3.55. The highest BCUT2D eigenvalue weighted by atomic mass is 16.5. The summed E-state index contributed by atoms with van der Waals surface area (Å²) >= 11 is 0. The third-order valence-corrected chi connectivity index (χ3v) is 3.57. The van der Waals surface area contributed by atoms with Gasteiger partial charge in [-0.1, -0.05) is 6.07 Å². The van der Waals surface area contributed by atoms with Gasteiger partial charge in [-0.3, -0.25) is 4.79 Å². The third kappa shape index (κ3) is 5.37. The fraction of sp³-hybridized carbons (Fsp3) is 0.300. The molecular formula is C20H24N2O5. The fourth-order valence-corrected chi connectivity index (χ4v) is 2.32. The number of methoxy groups -OCH3 is 3. The zero-order chi connectivity index (χ0) is 19.8. The van der Waals surface area contributed by atoms with Gasteiger partial charge in [-0.05, 0) is 38.1 Å². The summed E-state index contributed by atoms with van der Waals surface area (Å²) in [6.07, 6.45) is 1.47. The van der Waals surface area contributed by atoms with Crippen LogP contribution >= 0.6 is 0 Å². The number of carbonyl (C=O) groups is 1. The quantitative estimate of drug-likeness (QED) is 0.568. The molecule has 0 spiro atoms. The first-order valence-electron chi connectivity index (χ1n) is 8.38. The van der Waals surface area contributed by atoms with Crippen molar-refractivity contribution >= 4 is 12.1 Å². The predicted octanol–water partition coefficient (Wildman–Crippen LogP) is 3.26. The van der Waals surface area contributed by atoms with E-state index in [9.17, 15) is 4.79 Å². The summed E-state index contributed by atoms with van der Waals surface area (Å²) in [5, 5.41) is 4.03. The van der Waals surface area contributed by atoms with Crippen molar-refractivity contribution in [2.24, 2.45) is 5.10 Å². The Morgan fingerprint density at radius 3 is 2.26 bits per heavy atom. The van der Waals surface area contributed by atoms with E-state index in [0.717, 1.165) is 0 Å². The van der Waals surface area contributed by atoms with Gasteiger partial charge in [0.05, 0.1) is 33.6 Å². The van der Waals surface area contributed by atoms with Gasteiger partial charge in [0.15, 0.2) is 11.5 Å². The summed E-state index contributed by atoms with van der Waals surface area (Å²) in [7, 11) is 4.61. The van der Waals surface area contributed by atoms with Gasteiger partial charge in [-0.2, -0.15) is 5.10 Å². The van der Waals surface area contributed by atoms with Gasteiger partial charge in [0, 0.05) is 17.2 Å². The van der Waals surface area contributed by atoms with Crippen LogP contribution in [-0.4, -0.2) is 39.6 Å². The molecule has 2 aromatic rings. The molecule has 0 bridgehead atoms. The van der Waals surface area contributed by atoms with Crippen molar-refractivity contribution in [2.45, 2.75) is 20.0 Å². The van der Waals surface area contributed by atoms with Crippen LogP contribution in [0.4, 0.5) is 0 Å². The van der Waals surface area contributed by atoms with Gasteiger partial charge < -0.3 is 18.9 Å². The average Bonchev–Trinajstić information content (AvgIpc) is 2.68. The van der Waals surface area contributed by atoms with Gasteiger partial charge in [-0.15, -0.1) is 0 Å². The second kappa shape index (κ2) is 9.47. The lowest BCUT2D eigenvalue weighted by Crippen LogP contribution is -2.18. The molecule has 1 amide bonds. The molecular weight excluding hydrogens is 348 g/mol. The Bertz CT molecular complexity index is 796. The molecule has 0 saturated heterocycles. The van der Waals surface area contributed by atoms with E-state index in [1.807, 2.05) is 26.0 Å². The molecule has 0 aliphatic heterocycles. The topological polar surface area (TPSA) is 78.4 Å². The molecule has 0 heterocycles. The van der Waals surface area contributed by atoms with Crippen molar-refractivity contribution in [1.29, 1.82) is 0 Å². The molecule has 0 atom stereocenters. The Morgan fingerprint density at radius 1 is 1.04 bits per heavy atom. The van der Waals surface area contributed by atoms with Crippen LogP contribution in [0.2, 0.25) is 0 Å². The van der Waals surface area contributed by atoms with Gasteiger partial charge in [0.1, 0.15) is 11.5 Å². The molecule has 2 aromatic carbocycles. The van der Waals surface area contributed by atoms with E-state index in [-0.39, 0.29) is 6.10 Å². The minimum atomic E-state index is -0.391. The smallest absolute Gasteiger partial charge is 0.271 e. The van der Waals surface area contributed by atoms with E-state index in [2.05, 4.69) is 10.5 Å². The molecule has 1 N–H and O–H groups in total. The predicted molar refractivity (Wildman–Crippen MR) is 103 cm³/mol. The highest BCUT2D eigenvalue weighted by molar-refractivity contribution is 5.96. The SMILES string of the molecule is COc1cc(OC)cc(C(=O)N/N=C\c2cccc(OC)c2OC(C)C)c1. The van der Waals surface area contributed by atoms with Crippen molar-refractivity contribution in [2.75, 3.05) is 21.3 Å². The molecule has 0 aliphatic rings. The van der Waals surface area contributed by atoms with E-state index in [0.29, 0.717) is 34.1 Å². The summed E-state index contributed by atoms with van der Waals surface area (Å²) in [6, 6.07) is 10.3. The minimum absolute atomic E-state index is 0.0349. The van der Waals surface area contributed by atoms with E-state index >= 15 is 0 Å². The number of rotatable bonds is 8. The van der Waals surface area contributed by atoms with Crippen LogP contribution in [0.3, 0.4) is 0 Å². The highest BCUT2D eigenvalue weighted by Crippen LogP contribution is 2.31. The molecule has 0 radical (unpaired) electrons. The Morgan fingerprint density at radius 2 is 1.70 bits per heavy atom. The van der Waals surface area contributed by atoms with Gasteiger partial charge in [0.2, 0.25) is 0 Å². The number of carbonyl (C=O) groups excluding carboxylic acids is 1. The molecule has 7 heteroatoms. The minimum Gasteiger partial charge on any atom is -0.497 e. The first kappa shape index (κ1) is 20.1. The Hall–Kier alpha value is -3.22. The van der Waals surface area contributed by atoms with Crippen LogP contribution in [0, 0.1) is 0 Å². The lowest BCUT2D eigenvalue weighted by atomic mass is 10.2. The molecule has 0 saturated carbocycles. The van der Waals surface area contributed by atoms with Crippen LogP contribution in [0.25, 0.3) is 0 Å². The van der Waals surface area contributed by atoms with Crippen LogP contribution in [-0.2, 0) is 0 Å². The molecule has 2 rings (SSSR count). The normalized spacial score (nSPS) is 10.7. The van der Waals surface area contributed by atoms with E-state index in [1.165, 1.54) is 20.4 Å². The molecule has 27 heavy (non-hydrogen) atoms. The number of benzene rings is 2. The summed E-state index contributed by atoms with van der Waals surface area (Å²) in [6.45, 7) is 3.84. The van der Waals surface area contributed by atoms with E-state index in [1.54, 1.807) is 31.4 Å². The lowest BCUT2D eigenvalue weighted by molar-refractivity contribution is 0.0954. The Balaban J connectivity index is 2.19. The number of amides is 1. The van der Waals surface area contributed by atoms with Gasteiger partial charge >= 0.3 is 0 Å². The van der Waals surface area contributed by atoms with Crippen LogP contribution in [0.15, 0.2) is 41.5 Å². The Labute approximate surface area is 158 Å². The van der Waals surface area contributed by atoms with E-state index in [4.69, 9.17) is 18.9 Å². The number of hydrogen-bond acceptors (Lipinski definition) is 6. The molecule has 0 fully saturated rings. The molecule has 0 aromatic heterocycles. The summed E-state index contributed by atoms with van der Waals surface area (Å²) in [4.78, 5) is 12.4. The van der Waals surface area contributed by atoms with Gasteiger partial charge in [-0.25, -0.2) is 5.43 Å². The first-order valence-corrected chi connectivity index (χ1v) is 8.38. The maximum Gasteiger partial charge on any atom is 0.271 e. The third-order valence-electron chi connectivity index (χ3n) is 3.57. The molecule has 0 unspecified atom stereocenters. The first-order chi connectivity index (χ1) is 13.0. The number of para-hydroxylation sites is 1. The van der Waals surface area contributed by atoms with Crippen molar-refractivity contribution in [1.82, 2.24) is 5.43 Å². The van der Waals surface area contributed by atoms with Crippen molar-refractivity contribution in [3.8, 4) is 23.0 Å². The number of hydrazone groups is 1. The van der Waals surface area contributed by atoms with E-state index < -0.39 is 5.91 Å². The van der Waals surface area contributed by atoms with Crippen LogP contribution < -0.4 is 24.4 Å². The van der Waals surface area contributed by atoms with Crippen molar-refractivity contribution in [3.05, 3.63) is 47.5 Å².